The number of thioether (sulfide) groups is 1. The van der Waals surface area contributed by atoms with Crippen LogP contribution < -0.4 is 5.32 Å². The van der Waals surface area contributed by atoms with Gasteiger partial charge in [-0.05, 0) is 31.2 Å². The summed E-state index contributed by atoms with van der Waals surface area (Å²) in [6.07, 6.45) is 8.45. The molecule has 146 valence electrons. The van der Waals surface area contributed by atoms with Crippen LogP contribution in [0, 0.1) is 6.92 Å². The maximum atomic E-state index is 4.61. The molecule has 28 heavy (non-hydrogen) atoms. The van der Waals surface area contributed by atoms with Crippen LogP contribution in [0.5, 0.6) is 0 Å². The van der Waals surface area contributed by atoms with Crippen LogP contribution in [-0.4, -0.2) is 37.7 Å². The van der Waals surface area contributed by atoms with Gasteiger partial charge in [0.25, 0.3) is 0 Å². The Morgan fingerprint density at radius 2 is 1.89 bits per heavy atom. The number of nitrogens with zero attached hydrogens (tertiary/aromatic N) is 5. The van der Waals surface area contributed by atoms with Crippen LogP contribution in [-0.2, 0) is 0 Å². The third kappa shape index (κ3) is 5.05. The van der Waals surface area contributed by atoms with Crippen molar-refractivity contribution in [1.29, 1.82) is 0 Å². The van der Waals surface area contributed by atoms with Crippen molar-refractivity contribution in [2.24, 2.45) is 0 Å². The highest BCUT2D eigenvalue weighted by molar-refractivity contribution is 8.01. The molecule has 0 atom stereocenters. The summed E-state index contributed by atoms with van der Waals surface area (Å²) in [6.45, 7) is 2.71. The number of hydrogen-bond donors (Lipinski definition) is 1. The summed E-state index contributed by atoms with van der Waals surface area (Å²) in [5.74, 6) is 2.15. The van der Waals surface area contributed by atoms with Gasteiger partial charge in [0.15, 0.2) is 4.34 Å². The monoisotopic (exact) mass is 412 g/mol. The predicted octanol–water partition coefficient (Wildman–Crippen LogP) is 4.95. The van der Waals surface area contributed by atoms with Crippen molar-refractivity contribution >= 4 is 29.0 Å². The van der Waals surface area contributed by atoms with Gasteiger partial charge in [0.1, 0.15) is 5.01 Å². The van der Waals surface area contributed by atoms with Crippen LogP contribution in [0.4, 0.5) is 5.95 Å². The molecule has 8 heteroatoms. The minimum atomic E-state index is 0.558. The first-order valence-electron chi connectivity index (χ1n) is 9.75. The van der Waals surface area contributed by atoms with E-state index < -0.39 is 0 Å². The normalized spacial score (nSPS) is 14.9. The summed E-state index contributed by atoms with van der Waals surface area (Å²) in [7, 11) is 0. The number of rotatable bonds is 7. The molecular formula is C20H24N6S2. The van der Waals surface area contributed by atoms with Crippen molar-refractivity contribution in [3.63, 3.8) is 0 Å². The van der Waals surface area contributed by atoms with E-state index in [2.05, 4.69) is 55.0 Å². The zero-order valence-corrected chi connectivity index (χ0v) is 17.6. The molecule has 1 aliphatic carbocycles. The Hall–Kier alpha value is -2.06. The molecule has 0 spiro atoms. The molecule has 0 saturated heterocycles. The van der Waals surface area contributed by atoms with Crippen LogP contribution in [0.15, 0.2) is 34.8 Å². The van der Waals surface area contributed by atoms with Crippen LogP contribution in [0.3, 0.4) is 0 Å². The van der Waals surface area contributed by atoms with Gasteiger partial charge in [-0.2, -0.15) is 5.10 Å². The second-order valence-corrected chi connectivity index (χ2v) is 9.51. The third-order valence-electron chi connectivity index (χ3n) is 4.96. The van der Waals surface area contributed by atoms with Gasteiger partial charge in [-0.1, -0.05) is 66.6 Å². The molecule has 0 radical (unpaired) electrons. The number of aromatic nitrogens is 5. The molecule has 2 heterocycles. The van der Waals surface area contributed by atoms with Gasteiger partial charge in [0.05, 0.1) is 11.9 Å². The Balaban J connectivity index is 1.33. The van der Waals surface area contributed by atoms with Gasteiger partial charge in [0.2, 0.25) is 5.95 Å². The molecule has 0 bridgehead atoms. The molecule has 1 saturated carbocycles. The average Bonchev–Trinajstić information content (AvgIpc) is 3.17. The van der Waals surface area contributed by atoms with E-state index in [-0.39, 0.29) is 0 Å². The van der Waals surface area contributed by atoms with E-state index in [9.17, 15) is 0 Å². The fourth-order valence-electron chi connectivity index (χ4n) is 3.52. The molecule has 6 nitrogen and oxygen atoms in total. The highest BCUT2D eigenvalue weighted by atomic mass is 32.2. The SMILES string of the molecule is Cc1nnc(SCCNc2nncc(-c3ccc(C4CCCCC4)cc3)n2)s1. The lowest BCUT2D eigenvalue weighted by Crippen LogP contribution is -2.08. The molecule has 1 N–H and O–H groups in total. The predicted molar refractivity (Wildman–Crippen MR) is 115 cm³/mol. The van der Waals surface area contributed by atoms with Gasteiger partial charge in [-0.25, -0.2) is 4.98 Å². The second kappa shape index (κ2) is 9.43. The summed E-state index contributed by atoms with van der Waals surface area (Å²) in [4.78, 5) is 4.61. The average molecular weight is 413 g/mol. The Kier molecular flexibility index (Phi) is 6.49. The van der Waals surface area contributed by atoms with Crippen molar-refractivity contribution < 1.29 is 0 Å². The number of aryl methyl sites for hydroxylation is 1. The van der Waals surface area contributed by atoms with E-state index in [0.29, 0.717) is 5.95 Å². The van der Waals surface area contributed by atoms with E-state index in [1.807, 2.05) is 6.92 Å². The third-order valence-corrected chi connectivity index (χ3v) is 6.93. The highest BCUT2D eigenvalue weighted by Gasteiger charge is 2.15. The topological polar surface area (TPSA) is 76.5 Å². The largest absolute Gasteiger partial charge is 0.352 e. The van der Waals surface area contributed by atoms with Crippen LogP contribution in [0.1, 0.15) is 48.6 Å². The first-order chi connectivity index (χ1) is 13.8. The van der Waals surface area contributed by atoms with E-state index in [1.165, 1.54) is 37.7 Å². The standard InChI is InChI=1S/C20H24N6S2/c1-14-24-26-20(28-14)27-12-11-21-19-23-18(13-22-25-19)17-9-7-16(8-10-17)15-5-3-2-4-6-15/h7-10,13,15H,2-6,11-12H2,1H3,(H,21,23,25). The Morgan fingerprint density at radius 3 is 2.64 bits per heavy atom. The number of benzene rings is 1. The van der Waals surface area contributed by atoms with E-state index in [4.69, 9.17) is 0 Å². The van der Waals surface area contributed by atoms with Gasteiger partial charge in [-0.15, -0.1) is 15.3 Å². The molecule has 1 fully saturated rings. The van der Waals surface area contributed by atoms with Crippen LogP contribution in [0.2, 0.25) is 0 Å². The number of hydrogen-bond acceptors (Lipinski definition) is 8. The fourth-order valence-corrected chi connectivity index (χ4v) is 5.26. The smallest absolute Gasteiger partial charge is 0.243 e. The van der Waals surface area contributed by atoms with Crippen molar-refractivity contribution in [2.45, 2.75) is 49.3 Å². The molecule has 1 aliphatic rings. The van der Waals surface area contributed by atoms with E-state index >= 15 is 0 Å². The molecule has 0 unspecified atom stereocenters. The summed E-state index contributed by atoms with van der Waals surface area (Å²) in [5.41, 5.74) is 3.38. The minimum absolute atomic E-state index is 0.558. The first-order valence-corrected chi connectivity index (χ1v) is 11.5. The minimum Gasteiger partial charge on any atom is -0.352 e. The molecular weight excluding hydrogens is 388 g/mol. The van der Waals surface area contributed by atoms with Gasteiger partial charge in [-0.3, -0.25) is 0 Å². The van der Waals surface area contributed by atoms with Crippen LogP contribution >= 0.6 is 23.1 Å². The Morgan fingerprint density at radius 1 is 1.07 bits per heavy atom. The summed E-state index contributed by atoms with van der Waals surface area (Å²) >= 11 is 3.30. The molecule has 1 aromatic carbocycles. The molecule has 3 aromatic rings. The van der Waals surface area contributed by atoms with E-state index in [1.54, 1.807) is 29.3 Å². The molecule has 0 amide bonds. The zero-order valence-electron chi connectivity index (χ0n) is 16.0. The first kappa shape index (κ1) is 19.3. The van der Waals surface area contributed by atoms with Gasteiger partial charge in [0, 0.05) is 17.9 Å². The summed E-state index contributed by atoms with van der Waals surface area (Å²) in [6, 6.07) is 8.82. The lowest BCUT2D eigenvalue weighted by atomic mass is 9.84. The Bertz CT molecular complexity index is 890. The number of nitrogens with one attached hydrogen (secondary N) is 1. The zero-order chi connectivity index (χ0) is 19.2. The quantitative estimate of drug-likeness (QED) is 0.434. The van der Waals surface area contributed by atoms with Gasteiger partial charge >= 0.3 is 0 Å². The number of anilines is 1. The maximum Gasteiger partial charge on any atom is 0.243 e. The molecule has 4 rings (SSSR count). The fraction of sp³-hybridized carbons (Fsp3) is 0.450. The summed E-state index contributed by atoms with van der Waals surface area (Å²) in [5, 5.41) is 20.6. The highest BCUT2D eigenvalue weighted by Crippen LogP contribution is 2.33. The van der Waals surface area contributed by atoms with Gasteiger partial charge < -0.3 is 5.32 Å². The summed E-state index contributed by atoms with van der Waals surface area (Å²) < 4.78 is 0.991. The second-order valence-electron chi connectivity index (χ2n) is 6.98. The molecule has 2 aromatic heterocycles. The lowest BCUT2D eigenvalue weighted by Gasteiger charge is -2.22. The lowest BCUT2D eigenvalue weighted by molar-refractivity contribution is 0.443. The van der Waals surface area contributed by atoms with Crippen molar-refractivity contribution in [3.8, 4) is 11.3 Å². The van der Waals surface area contributed by atoms with Crippen molar-refractivity contribution in [1.82, 2.24) is 25.4 Å². The maximum absolute atomic E-state index is 4.61. The van der Waals surface area contributed by atoms with Crippen molar-refractivity contribution in [2.75, 3.05) is 17.6 Å². The Labute approximate surface area is 173 Å². The molecule has 0 aliphatic heterocycles. The van der Waals surface area contributed by atoms with Crippen molar-refractivity contribution in [3.05, 3.63) is 41.0 Å². The van der Waals surface area contributed by atoms with Crippen LogP contribution in [0.25, 0.3) is 11.3 Å². The van der Waals surface area contributed by atoms with E-state index in [0.717, 1.165) is 38.8 Å².